The van der Waals surface area contributed by atoms with Crippen LogP contribution in [0.1, 0.15) is 18.1 Å². The lowest BCUT2D eigenvalue weighted by molar-refractivity contribution is 0.892. The third kappa shape index (κ3) is 3.52. The van der Waals surface area contributed by atoms with Crippen LogP contribution in [0.2, 0.25) is 0 Å². The second kappa shape index (κ2) is 7.31. The van der Waals surface area contributed by atoms with Gasteiger partial charge >= 0.3 is 0 Å². The lowest BCUT2D eigenvalue weighted by Gasteiger charge is -2.23. The molecular formula is C16H21N3S. The summed E-state index contributed by atoms with van der Waals surface area (Å²) in [6.07, 6.45) is 3.66. The summed E-state index contributed by atoms with van der Waals surface area (Å²) in [5.74, 6) is 1.06. The zero-order valence-corrected chi connectivity index (χ0v) is 12.9. The van der Waals surface area contributed by atoms with Gasteiger partial charge in [-0.3, -0.25) is 4.98 Å². The molecule has 1 aromatic heterocycles. The molecule has 0 spiro atoms. The Morgan fingerprint density at radius 2 is 1.95 bits per heavy atom. The van der Waals surface area contributed by atoms with Gasteiger partial charge in [-0.2, -0.15) is 0 Å². The molecule has 0 bridgehead atoms. The Bertz CT molecular complexity index is 543. The summed E-state index contributed by atoms with van der Waals surface area (Å²) in [7, 11) is 2.11. The minimum atomic E-state index is 0.569. The Balaban J connectivity index is 2.25. The lowest BCUT2D eigenvalue weighted by Crippen LogP contribution is -2.19. The molecule has 20 heavy (non-hydrogen) atoms. The van der Waals surface area contributed by atoms with Crippen molar-refractivity contribution in [2.24, 2.45) is 5.73 Å². The van der Waals surface area contributed by atoms with Crippen LogP contribution in [0.25, 0.3) is 0 Å². The highest BCUT2D eigenvalue weighted by molar-refractivity contribution is 7.99. The van der Waals surface area contributed by atoms with Gasteiger partial charge in [0.2, 0.25) is 0 Å². The van der Waals surface area contributed by atoms with Gasteiger partial charge in [0.1, 0.15) is 0 Å². The first-order chi connectivity index (χ1) is 9.76. The van der Waals surface area contributed by atoms with Crippen molar-refractivity contribution < 1.29 is 0 Å². The summed E-state index contributed by atoms with van der Waals surface area (Å²) >= 11 is 1.85. The molecule has 106 valence electrons. The van der Waals surface area contributed by atoms with Crippen LogP contribution < -0.4 is 10.6 Å². The second-order valence-electron chi connectivity index (χ2n) is 4.60. The second-order valence-corrected chi connectivity index (χ2v) is 5.91. The molecule has 2 aromatic rings. The van der Waals surface area contributed by atoms with Gasteiger partial charge in [0.15, 0.2) is 0 Å². The average molecular weight is 287 g/mol. The van der Waals surface area contributed by atoms with E-state index in [0.29, 0.717) is 6.54 Å². The van der Waals surface area contributed by atoms with Crippen molar-refractivity contribution in [3.8, 4) is 0 Å². The topological polar surface area (TPSA) is 42.2 Å². The van der Waals surface area contributed by atoms with Gasteiger partial charge in [-0.1, -0.05) is 13.0 Å². The maximum absolute atomic E-state index is 5.96. The Morgan fingerprint density at radius 3 is 2.60 bits per heavy atom. The molecule has 4 heteroatoms. The number of aromatic nitrogens is 1. The molecule has 0 unspecified atom stereocenters. The van der Waals surface area contributed by atoms with Crippen molar-refractivity contribution >= 4 is 17.4 Å². The summed E-state index contributed by atoms with van der Waals surface area (Å²) in [5.41, 5.74) is 9.66. The third-order valence-electron chi connectivity index (χ3n) is 3.19. The molecule has 0 amide bonds. The number of nitrogens with two attached hydrogens (primary N) is 1. The number of benzene rings is 1. The molecular weight excluding hydrogens is 266 g/mol. The molecule has 0 aliphatic carbocycles. The Morgan fingerprint density at radius 1 is 1.20 bits per heavy atom. The number of anilines is 1. The molecule has 0 fully saturated rings. The van der Waals surface area contributed by atoms with E-state index in [1.807, 2.05) is 36.3 Å². The minimum absolute atomic E-state index is 0.569. The lowest BCUT2D eigenvalue weighted by atomic mass is 10.1. The van der Waals surface area contributed by atoms with E-state index in [1.54, 1.807) is 0 Å². The quantitative estimate of drug-likeness (QED) is 0.828. The van der Waals surface area contributed by atoms with Gasteiger partial charge in [0, 0.05) is 48.7 Å². The van der Waals surface area contributed by atoms with Crippen LogP contribution in [0, 0.1) is 0 Å². The Kier molecular flexibility index (Phi) is 5.44. The van der Waals surface area contributed by atoms with E-state index >= 15 is 0 Å². The number of thioether (sulfide) groups is 1. The maximum atomic E-state index is 5.96. The van der Waals surface area contributed by atoms with E-state index in [4.69, 9.17) is 5.73 Å². The van der Waals surface area contributed by atoms with Gasteiger partial charge in [-0.15, -0.1) is 11.8 Å². The Labute approximate surface area is 125 Å². The van der Waals surface area contributed by atoms with Gasteiger partial charge in [0.25, 0.3) is 0 Å². The highest BCUT2D eigenvalue weighted by atomic mass is 32.2. The summed E-state index contributed by atoms with van der Waals surface area (Å²) < 4.78 is 0. The van der Waals surface area contributed by atoms with Gasteiger partial charge in [-0.05, 0) is 35.6 Å². The minimum Gasteiger partial charge on any atom is -0.370 e. The van der Waals surface area contributed by atoms with Crippen LogP contribution in [0.5, 0.6) is 0 Å². The fraction of sp³-hybridized carbons (Fsp3) is 0.312. The monoisotopic (exact) mass is 287 g/mol. The van der Waals surface area contributed by atoms with E-state index in [0.717, 1.165) is 12.3 Å². The maximum Gasteiger partial charge on any atom is 0.0427 e. The fourth-order valence-corrected chi connectivity index (χ4v) is 3.10. The SMILES string of the molecule is CCSc1cccc(N(C)Cc2ccncc2)c1CN. The van der Waals surface area contributed by atoms with Gasteiger partial charge < -0.3 is 10.6 Å². The standard InChI is InChI=1S/C16H21N3S/c1-3-20-16-6-4-5-15(14(16)11-17)19(2)12-13-7-9-18-10-8-13/h4-10H,3,11-12,17H2,1-2H3. The van der Waals surface area contributed by atoms with Crippen LogP contribution in [-0.2, 0) is 13.1 Å². The molecule has 3 nitrogen and oxygen atoms in total. The van der Waals surface area contributed by atoms with E-state index < -0.39 is 0 Å². The van der Waals surface area contributed by atoms with E-state index in [-0.39, 0.29) is 0 Å². The van der Waals surface area contributed by atoms with Gasteiger partial charge in [-0.25, -0.2) is 0 Å². The average Bonchev–Trinajstić information content (AvgIpc) is 2.48. The molecule has 0 atom stereocenters. The van der Waals surface area contributed by atoms with Crippen molar-refractivity contribution in [1.82, 2.24) is 4.98 Å². The molecule has 0 aliphatic rings. The first-order valence-corrected chi connectivity index (χ1v) is 7.79. The Hall–Kier alpha value is -1.52. The number of pyridine rings is 1. The zero-order valence-electron chi connectivity index (χ0n) is 12.0. The van der Waals surface area contributed by atoms with Crippen LogP contribution >= 0.6 is 11.8 Å². The molecule has 0 radical (unpaired) electrons. The van der Waals surface area contributed by atoms with Crippen LogP contribution in [0.15, 0.2) is 47.6 Å². The molecule has 1 heterocycles. The first-order valence-electron chi connectivity index (χ1n) is 6.81. The highest BCUT2D eigenvalue weighted by Crippen LogP contribution is 2.30. The molecule has 0 saturated heterocycles. The molecule has 1 aromatic carbocycles. The van der Waals surface area contributed by atoms with Crippen LogP contribution in [0.3, 0.4) is 0 Å². The number of nitrogens with zero attached hydrogens (tertiary/aromatic N) is 2. The zero-order chi connectivity index (χ0) is 14.4. The number of hydrogen-bond acceptors (Lipinski definition) is 4. The van der Waals surface area contributed by atoms with Crippen molar-refractivity contribution in [3.05, 3.63) is 53.9 Å². The van der Waals surface area contributed by atoms with Gasteiger partial charge in [0.05, 0.1) is 0 Å². The normalized spacial score (nSPS) is 10.6. The molecule has 2 N–H and O–H groups in total. The molecule has 0 aliphatic heterocycles. The summed E-state index contributed by atoms with van der Waals surface area (Å²) in [6, 6.07) is 10.5. The molecule has 2 rings (SSSR count). The van der Waals surface area contributed by atoms with E-state index in [1.165, 1.54) is 21.7 Å². The first kappa shape index (κ1) is 14.9. The fourth-order valence-electron chi connectivity index (χ4n) is 2.25. The predicted molar refractivity (Wildman–Crippen MR) is 87.1 cm³/mol. The number of rotatable bonds is 6. The highest BCUT2D eigenvalue weighted by Gasteiger charge is 2.11. The summed E-state index contributed by atoms with van der Waals surface area (Å²) in [5, 5.41) is 0. The molecule has 0 saturated carbocycles. The van der Waals surface area contributed by atoms with Crippen molar-refractivity contribution in [1.29, 1.82) is 0 Å². The smallest absolute Gasteiger partial charge is 0.0427 e. The summed E-state index contributed by atoms with van der Waals surface area (Å²) in [4.78, 5) is 7.59. The third-order valence-corrected chi connectivity index (χ3v) is 4.17. The largest absolute Gasteiger partial charge is 0.370 e. The van der Waals surface area contributed by atoms with Crippen molar-refractivity contribution in [2.75, 3.05) is 17.7 Å². The van der Waals surface area contributed by atoms with Crippen LogP contribution in [-0.4, -0.2) is 17.8 Å². The van der Waals surface area contributed by atoms with E-state index in [9.17, 15) is 0 Å². The summed E-state index contributed by atoms with van der Waals surface area (Å²) in [6.45, 7) is 3.59. The van der Waals surface area contributed by atoms with Crippen molar-refractivity contribution in [2.45, 2.75) is 24.9 Å². The number of hydrogen-bond donors (Lipinski definition) is 1. The van der Waals surface area contributed by atoms with Crippen LogP contribution in [0.4, 0.5) is 5.69 Å². The van der Waals surface area contributed by atoms with E-state index in [2.05, 4.69) is 42.1 Å². The predicted octanol–water partition coefficient (Wildman–Crippen LogP) is 3.29. The van der Waals surface area contributed by atoms with Crippen molar-refractivity contribution in [3.63, 3.8) is 0 Å².